The summed E-state index contributed by atoms with van der Waals surface area (Å²) >= 11 is 1.52. The first kappa shape index (κ1) is 30.7. The largest absolute Gasteiger partial charge is 1.00 e. The number of halogens is 1. The topological polar surface area (TPSA) is 71.5 Å². The maximum absolute atomic E-state index is 14.1. The Morgan fingerprint density at radius 2 is 1.67 bits per heavy atom. The molecule has 0 spiro atoms. The first-order valence-corrected chi connectivity index (χ1v) is 15.9. The van der Waals surface area contributed by atoms with E-state index in [0.717, 1.165) is 78.7 Å². The zero-order valence-electron chi connectivity index (χ0n) is 24.6. The number of likely N-dealkylation sites (tertiary alicyclic amines) is 1. The molecule has 5 heterocycles. The Bertz CT molecular complexity index is 1370. The first-order valence-electron chi connectivity index (χ1n) is 15.1. The van der Waals surface area contributed by atoms with Crippen molar-refractivity contribution in [3.63, 3.8) is 0 Å². The van der Waals surface area contributed by atoms with Gasteiger partial charge in [0.2, 0.25) is 0 Å². The summed E-state index contributed by atoms with van der Waals surface area (Å²) in [7, 11) is 0. The molecule has 7 rings (SSSR count). The van der Waals surface area contributed by atoms with Crippen LogP contribution in [0.2, 0.25) is 0 Å². The van der Waals surface area contributed by atoms with Crippen LogP contribution in [-0.2, 0) is 19.9 Å². The summed E-state index contributed by atoms with van der Waals surface area (Å²) in [5.41, 5.74) is 2.00. The van der Waals surface area contributed by atoms with Crippen molar-refractivity contribution in [3.8, 4) is 11.3 Å². The number of carbonyl (C=O) groups excluding carboxylic acids is 2. The van der Waals surface area contributed by atoms with Crippen molar-refractivity contribution in [3.05, 3.63) is 71.2 Å². The van der Waals surface area contributed by atoms with Gasteiger partial charge in [0.25, 0.3) is 5.91 Å². The third-order valence-corrected chi connectivity index (χ3v) is 10.4. The maximum Gasteiger partial charge on any atom is 0.331 e. The van der Waals surface area contributed by atoms with Crippen molar-refractivity contribution in [2.45, 2.75) is 57.6 Å². The lowest BCUT2D eigenvalue weighted by atomic mass is 9.82. The number of hydrogen-bond donors (Lipinski definition) is 1. The summed E-state index contributed by atoms with van der Waals surface area (Å²) in [4.78, 5) is 34.6. The van der Waals surface area contributed by atoms with E-state index >= 15 is 0 Å². The Hall–Kier alpha value is -2.78. The summed E-state index contributed by atoms with van der Waals surface area (Å²) in [6, 6.07) is 20.1. The van der Waals surface area contributed by atoms with Gasteiger partial charge < -0.3 is 26.9 Å². The zero-order valence-corrected chi connectivity index (χ0v) is 26.1. The van der Waals surface area contributed by atoms with Crippen LogP contribution in [0.3, 0.4) is 0 Å². The number of thiazole rings is 1. The molecule has 0 unspecified atom stereocenters. The highest BCUT2D eigenvalue weighted by molar-refractivity contribution is 7.16. The number of esters is 1. The minimum Gasteiger partial charge on any atom is -1.00 e. The number of anilines is 1. The van der Waals surface area contributed by atoms with Gasteiger partial charge in [-0.15, -0.1) is 11.3 Å². The number of fused-ring (bicyclic) bond motifs is 3. The number of amides is 1. The third-order valence-electron chi connectivity index (χ3n) is 9.54. The number of benzene rings is 2. The highest BCUT2D eigenvalue weighted by Gasteiger charge is 2.51. The SMILES string of the molecule is Cc1nc(-c2ccccc2)c(NC(=O)C[N+]23CCC(CC2)[C@@H](OC(=O)[C@](C)(c2ccccc2)N2CCCCC2)C3)s1.[Cl-]. The fourth-order valence-electron chi connectivity index (χ4n) is 7.14. The lowest BCUT2D eigenvalue weighted by Gasteiger charge is -2.52. The van der Waals surface area contributed by atoms with Gasteiger partial charge in [-0.05, 0) is 45.3 Å². The molecule has 0 radical (unpaired) electrons. The Labute approximate surface area is 259 Å². The van der Waals surface area contributed by atoms with Crippen molar-refractivity contribution in [2.75, 3.05) is 44.6 Å². The molecule has 2 atom stereocenters. The summed E-state index contributed by atoms with van der Waals surface area (Å²) in [5, 5.41) is 4.91. The average Bonchev–Trinajstić information content (AvgIpc) is 3.37. The third kappa shape index (κ3) is 6.13. The number of nitrogens with one attached hydrogen (secondary N) is 1. The molecule has 4 fully saturated rings. The Morgan fingerprint density at radius 1 is 1.02 bits per heavy atom. The predicted molar refractivity (Wildman–Crippen MR) is 162 cm³/mol. The van der Waals surface area contributed by atoms with Crippen LogP contribution in [-0.4, -0.2) is 71.6 Å². The molecule has 3 aromatic rings. The molecule has 1 amide bonds. The molecule has 42 heavy (non-hydrogen) atoms. The molecule has 4 saturated heterocycles. The number of aromatic nitrogens is 1. The van der Waals surface area contributed by atoms with E-state index in [-0.39, 0.29) is 30.4 Å². The van der Waals surface area contributed by atoms with E-state index < -0.39 is 5.54 Å². The lowest BCUT2D eigenvalue weighted by Crippen LogP contribution is -3.00. The van der Waals surface area contributed by atoms with E-state index in [4.69, 9.17) is 9.72 Å². The molecule has 4 aliphatic heterocycles. The van der Waals surface area contributed by atoms with Gasteiger partial charge in [-0.25, -0.2) is 9.78 Å². The van der Waals surface area contributed by atoms with Crippen molar-refractivity contribution in [2.24, 2.45) is 5.92 Å². The molecular formula is C33H41ClN4O3S. The summed E-state index contributed by atoms with van der Waals surface area (Å²) < 4.78 is 7.14. The van der Waals surface area contributed by atoms with Gasteiger partial charge in [0.1, 0.15) is 22.8 Å². The fourth-order valence-corrected chi connectivity index (χ4v) is 7.99. The van der Waals surface area contributed by atoms with Crippen LogP contribution in [0.25, 0.3) is 11.3 Å². The average molecular weight is 609 g/mol. The molecule has 2 bridgehead atoms. The standard InChI is InChI=1S/C33H40N4O3S.ClH/c1-24-34-30(26-12-6-3-7-13-26)31(41-24)35-29(38)23-37-20-16-25(17-21-37)28(22-37)40-32(39)33(2,27-14-8-4-9-15-27)36-18-10-5-11-19-36;/h3-4,6-9,12-15,25,28H,5,10-11,16-23H2,1-2H3;1H/t25?,28-,33-,37?;/m0./s1. The molecule has 2 aromatic carbocycles. The van der Waals surface area contributed by atoms with Gasteiger partial charge in [0.05, 0.1) is 18.1 Å². The summed E-state index contributed by atoms with van der Waals surface area (Å²) in [6.45, 7) is 8.78. The van der Waals surface area contributed by atoms with Crippen molar-refractivity contribution >= 4 is 28.2 Å². The number of nitrogens with zero attached hydrogens (tertiary/aromatic N) is 3. The lowest BCUT2D eigenvalue weighted by molar-refractivity contribution is -0.939. The van der Waals surface area contributed by atoms with Crippen LogP contribution in [0.1, 0.15) is 49.6 Å². The van der Waals surface area contributed by atoms with E-state index in [1.165, 1.54) is 17.8 Å². The van der Waals surface area contributed by atoms with E-state index in [1.54, 1.807) is 0 Å². The van der Waals surface area contributed by atoms with Crippen LogP contribution in [0.5, 0.6) is 0 Å². The van der Waals surface area contributed by atoms with Crippen molar-refractivity contribution in [1.82, 2.24) is 9.88 Å². The monoisotopic (exact) mass is 608 g/mol. The number of aryl methyl sites for hydroxylation is 1. The van der Waals surface area contributed by atoms with Gasteiger partial charge >= 0.3 is 5.97 Å². The summed E-state index contributed by atoms with van der Waals surface area (Å²) in [6.07, 6.45) is 5.19. The number of rotatable bonds is 8. The second-order valence-electron chi connectivity index (χ2n) is 12.2. The minimum atomic E-state index is -0.812. The number of carbonyl (C=O) groups is 2. The minimum absolute atomic E-state index is 0. The fraction of sp³-hybridized carbons (Fsp3) is 0.485. The van der Waals surface area contributed by atoms with Gasteiger partial charge in [0, 0.05) is 24.3 Å². The Balaban J connectivity index is 0.00000353. The molecule has 9 heteroatoms. The van der Waals surface area contributed by atoms with E-state index in [1.807, 2.05) is 62.4 Å². The van der Waals surface area contributed by atoms with Crippen molar-refractivity contribution in [1.29, 1.82) is 0 Å². The molecule has 7 nitrogen and oxygen atoms in total. The van der Waals surface area contributed by atoms with E-state index in [0.29, 0.717) is 23.5 Å². The molecule has 224 valence electrons. The first-order chi connectivity index (χ1) is 19.9. The molecule has 4 aliphatic rings. The van der Waals surface area contributed by atoms with Crippen LogP contribution in [0, 0.1) is 12.8 Å². The van der Waals surface area contributed by atoms with E-state index in [9.17, 15) is 9.59 Å². The number of hydrogen-bond acceptors (Lipinski definition) is 6. The molecule has 0 saturated carbocycles. The maximum atomic E-state index is 14.1. The van der Waals surface area contributed by atoms with E-state index in [2.05, 4.69) is 22.3 Å². The smallest absolute Gasteiger partial charge is 0.331 e. The molecule has 0 aliphatic carbocycles. The molecule has 1 aromatic heterocycles. The van der Waals surface area contributed by atoms with Crippen LogP contribution >= 0.6 is 11.3 Å². The predicted octanol–water partition coefficient (Wildman–Crippen LogP) is 2.61. The number of piperidine rings is 4. The zero-order chi connectivity index (χ0) is 28.5. The highest BCUT2D eigenvalue weighted by Crippen LogP contribution is 2.39. The van der Waals surface area contributed by atoms with Crippen LogP contribution in [0.4, 0.5) is 5.00 Å². The van der Waals surface area contributed by atoms with Gasteiger partial charge in [-0.1, -0.05) is 67.1 Å². The number of quaternary nitrogens is 1. The van der Waals surface area contributed by atoms with Crippen LogP contribution in [0.15, 0.2) is 60.7 Å². The van der Waals surface area contributed by atoms with Gasteiger partial charge in [-0.3, -0.25) is 9.69 Å². The van der Waals surface area contributed by atoms with Crippen molar-refractivity contribution < 1.29 is 31.2 Å². The Morgan fingerprint density at radius 3 is 2.33 bits per heavy atom. The summed E-state index contributed by atoms with van der Waals surface area (Å²) in [5.74, 6) is 0.204. The molecular weight excluding hydrogens is 568 g/mol. The Kier molecular flexibility index (Phi) is 9.38. The van der Waals surface area contributed by atoms with Gasteiger partial charge in [0.15, 0.2) is 12.6 Å². The van der Waals surface area contributed by atoms with Crippen LogP contribution < -0.4 is 17.7 Å². The molecule has 1 N–H and O–H groups in total. The second kappa shape index (κ2) is 12.8. The second-order valence-corrected chi connectivity index (χ2v) is 13.4. The number of ether oxygens (including phenoxy) is 1. The highest BCUT2D eigenvalue weighted by atomic mass is 35.5. The van der Waals surface area contributed by atoms with Gasteiger partial charge in [-0.2, -0.15) is 0 Å². The normalized spacial score (nSPS) is 25.2. The quantitative estimate of drug-likeness (QED) is 0.315.